The van der Waals surface area contributed by atoms with Gasteiger partial charge in [-0.3, -0.25) is 9.59 Å². The van der Waals surface area contributed by atoms with Gasteiger partial charge in [-0.1, -0.05) is 36.4 Å². The standard InChI is InChI=1S/C40H40O10.C36H36O8/c1-20-30(49-22(3)41)13-10-25-36-28(18-47-38(20)25)27-16-34(45-7)35(46-8)17-29(27)40(24-9-12-32(43-5)33(15-24)44-6)19-48-39-21(2)31(50-23(4)42)14-11-26(39)37(36)40;1-18-26(37)10-8-21-32-24(16-43-34(18)21)23-14-30(41-5)31(42-6)15-25(23)36(20-7-12-28(39-3)29(13-20)40-4)17-44-35-19(2)27(38)11-9-22(35)33(32)36/h9-17,28,36-37H,18-19H2,1-8H3;7-15,24,32-33,37-38H,16-17H2,1-6H3. The second-order valence-corrected chi connectivity index (χ2v) is 24.7. The van der Waals surface area contributed by atoms with E-state index >= 15 is 0 Å². The molecule has 0 spiro atoms. The van der Waals surface area contributed by atoms with Gasteiger partial charge in [0.2, 0.25) is 0 Å². The van der Waals surface area contributed by atoms with E-state index in [1.807, 2.05) is 88.4 Å². The number of carbonyl (C=O) groups is 2. The summed E-state index contributed by atoms with van der Waals surface area (Å²) in [5, 5.41) is 21.4. The lowest BCUT2D eigenvalue weighted by atomic mass is 9.49. The Labute approximate surface area is 546 Å². The fourth-order valence-electron chi connectivity index (χ4n) is 16.3. The van der Waals surface area contributed by atoms with Crippen molar-refractivity contribution in [3.05, 3.63) is 187 Å². The lowest BCUT2D eigenvalue weighted by Gasteiger charge is -2.56. The normalized spacial score (nSPS) is 21.7. The van der Waals surface area contributed by atoms with Crippen LogP contribution in [0.25, 0.3) is 0 Å². The molecule has 4 aliphatic heterocycles. The Balaban J connectivity index is 0.000000172. The molecule has 0 saturated heterocycles. The molecule has 2 aliphatic carbocycles. The number of rotatable bonds is 12. The Bertz CT molecular complexity index is 4380. The van der Waals surface area contributed by atoms with E-state index in [-0.39, 0.29) is 53.6 Å². The van der Waals surface area contributed by atoms with Crippen molar-refractivity contribution in [2.45, 2.75) is 87.9 Å². The van der Waals surface area contributed by atoms with E-state index < -0.39 is 22.8 Å². The summed E-state index contributed by atoms with van der Waals surface area (Å²) < 4.78 is 84.2. The molecule has 14 rings (SSSR count). The highest BCUT2D eigenvalue weighted by atomic mass is 16.6. The zero-order valence-corrected chi connectivity index (χ0v) is 55.1. The van der Waals surface area contributed by atoms with Gasteiger partial charge in [0, 0.05) is 71.6 Å². The summed E-state index contributed by atoms with van der Waals surface area (Å²) >= 11 is 0. The monoisotopic (exact) mass is 1280 g/mol. The maximum absolute atomic E-state index is 12.1. The Hall–Kier alpha value is -10.1. The molecule has 8 aromatic rings. The first-order chi connectivity index (χ1) is 45.3. The number of hydrogen-bond acceptors (Lipinski definition) is 18. The highest BCUT2D eigenvalue weighted by Crippen LogP contribution is 2.70. The van der Waals surface area contributed by atoms with Crippen molar-refractivity contribution in [2.24, 2.45) is 0 Å². The highest BCUT2D eigenvalue weighted by molar-refractivity contribution is 5.74. The average molecular weight is 1280 g/mol. The van der Waals surface area contributed by atoms with Gasteiger partial charge in [0.25, 0.3) is 0 Å². The van der Waals surface area contributed by atoms with Gasteiger partial charge in [-0.15, -0.1) is 0 Å². The van der Waals surface area contributed by atoms with Crippen molar-refractivity contribution < 1.29 is 86.1 Å². The molecule has 0 bridgehead atoms. The van der Waals surface area contributed by atoms with Crippen LogP contribution in [0.1, 0.15) is 127 Å². The maximum Gasteiger partial charge on any atom is 0.308 e. The van der Waals surface area contributed by atoms with E-state index in [4.69, 9.17) is 66.3 Å². The minimum absolute atomic E-state index is 0.0559. The molecule has 0 amide bonds. The van der Waals surface area contributed by atoms with Crippen LogP contribution < -0.4 is 66.3 Å². The first kappa shape index (κ1) is 62.7. The molecule has 18 heteroatoms. The lowest BCUT2D eigenvalue weighted by molar-refractivity contribution is -0.132. The van der Waals surface area contributed by atoms with Gasteiger partial charge in [0.1, 0.15) is 59.2 Å². The van der Waals surface area contributed by atoms with Gasteiger partial charge in [-0.2, -0.15) is 0 Å². The lowest BCUT2D eigenvalue weighted by Crippen LogP contribution is -2.52. The summed E-state index contributed by atoms with van der Waals surface area (Å²) in [6.07, 6.45) is 0. The van der Waals surface area contributed by atoms with Gasteiger partial charge in [-0.25, -0.2) is 0 Å². The number of phenols is 2. The van der Waals surface area contributed by atoms with Gasteiger partial charge in [0.15, 0.2) is 46.0 Å². The Morgan fingerprint density at radius 3 is 1.09 bits per heavy atom. The Morgan fingerprint density at radius 2 is 0.691 bits per heavy atom. The van der Waals surface area contributed by atoms with Gasteiger partial charge in [-0.05, 0) is 156 Å². The number of benzene rings is 8. The quantitative estimate of drug-likeness (QED) is 0.0862. The van der Waals surface area contributed by atoms with Gasteiger partial charge < -0.3 is 76.5 Å². The maximum atomic E-state index is 12.1. The van der Waals surface area contributed by atoms with Gasteiger partial charge >= 0.3 is 11.9 Å². The van der Waals surface area contributed by atoms with Crippen LogP contribution in [-0.4, -0.2) is 105 Å². The van der Waals surface area contributed by atoms with Crippen molar-refractivity contribution in [3.63, 3.8) is 0 Å². The zero-order valence-electron chi connectivity index (χ0n) is 55.1. The summed E-state index contributed by atoms with van der Waals surface area (Å²) in [6.45, 7) is 11.7. The number of carbonyl (C=O) groups excluding carboxylic acids is 2. The third-order valence-corrected chi connectivity index (χ3v) is 20.5. The van der Waals surface area contributed by atoms with Crippen LogP contribution in [0.5, 0.6) is 92.0 Å². The van der Waals surface area contributed by atoms with E-state index in [1.165, 1.54) is 13.8 Å². The summed E-state index contributed by atoms with van der Waals surface area (Å²) in [5.74, 6) is 7.35. The van der Waals surface area contributed by atoms with Crippen LogP contribution in [0, 0.1) is 27.7 Å². The minimum atomic E-state index is -0.797. The number of hydrogen-bond donors (Lipinski definition) is 2. The number of esters is 2. The van der Waals surface area contributed by atoms with Crippen LogP contribution in [0.15, 0.2) is 109 Å². The summed E-state index contributed by atoms with van der Waals surface area (Å²) in [6, 6.07) is 35.5. The first-order valence-electron chi connectivity index (χ1n) is 31.1. The smallest absolute Gasteiger partial charge is 0.308 e. The van der Waals surface area contributed by atoms with Crippen LogP contribution in [-0.2, 0) is 20.4 Å². The molecule has 0 saturated carbocycles. The summed E-state index contributed by atoms with van der Waals surface area (Å²) in [7, 11) is 13.1. The van der Waals surface area contributed by atoms with Gasteiger partial charge in [0.05, 0.1) is 80.9 Å². The molecule has 488 valence electrons. The van der Waals surface area contributed by atoms with Crippen molar-refractivity contribution in [2.75, 3.05) is 83.3 Å². The molecule has 0 aromatic heterocycles. The van der Waals surface area contributed by atoms with Crippen molar-refractivity contribution in [1.82, 2.24) is 0 Å². The molecule has 0 radical (unpaired) electrons. The molecule has 2 N–H and O–H groups in total. The minimum Gasteiger partial charge on any atom is -0.508 e. The predicted octanol–water partition coefficient (Wildman–Crippen LogP) is 13.4. The first-order valence-corrected chi connectivity index (χ1v) is 31.1. The molecular formula is C76H76O18. The van der Waals surface area contributed by atoms with E-state index in [9.17, 15) is 19.8 Å². The zero-order chi connectivity index (χ0) is 66.4. The SMILES string of the molecule is COc1ccc(C23COc4c(ccc(O)c4C)C2C2c4ccc(O)c(C)c4OCC2c2cc(OC)c(OC)cc23)cc1OC.COc1ccc(C23COc4c(ccc(OC(C)=O)c4C)C2C2c4ccc(OC(C)=O)c(C)c4OCC2c2cc(OC)c(OC)cc23)cc1OC. The third-order valence-electron chi connectivity index (χ3n) is 20.5. The number of phenolic OH excluding ortho intramolecular Hbond substituents is 2. The number of aromatic hydroxyl groups is 2. The molecule has 18 nitrogen and oxygen atoms in total. The van der Waals surface area contributed by atoms with Crippen molar-refractivity contribution >= 4 is 11.9 Å². The van der Waals surface area contributed by atoms with E-state index in [0.29, 0.717) is 111 Å². The fourth-order valence-corrected chi connectivity index (χ4v) is 16.3. The van der Waals surface area contributed by atoms with Crippen LogP contribution >= 0.6 is 0 Å². The van der Waals surface area contributed by atoms with Crippen molar-refractivity contribution in [1.29, 1.82) is 0 Å². The second kappa shape index (κ2) is 24.1. The number of methoxy groups -OCH3 is 8. The highest BCUT2D eigenvalue weighted by Gasteiger charge is 2.62. The Morgan fingerprint density at radius 1 is 0.372 bits per heavy atom. The molecule has 0 fully saturated rings. The van der Waals surface area contributed by atoms with Crippen molar-refractivity contribution in [3.8, 4) is 92.0 Å². The second-order valence-electron chi connectivity index (χ2n) is 24.7. The molecule has 6 aliphatic rings. The van der Waals surface area contributed by atoms with Crippen LogP contribution in [0.3, 0.4) is 0 Å². The van der Waals surface area contributed by atoms with E-state index in [0.717, 1.165) is 66.8 Å². The predicted molar refractivity (Wildman–Crippen MR) is 349 cm³/mol. The van der Waals surface area contributed by atoms with E-state index in [2.05, 4.69) is 36.4 Å². The summed E-state index contributed by atoms with van der Waals surface area (Å²) in [4.78, 5) is 24.1. The molecular weight excluding hydrogens is 1200 g/mol. The van der Waals surface area contributed by atoms with Crippen LogP contribution in [0.2, 0.25) is 0 Å². The number of ether oxygens (including phenoxy) is 14. The largest absolute Gasteiger partial charge is 0.508 e. The Kier molecular flexibility index (Phi) is 16.1. The third kappa shape index (κ3) is 9.47. The molecule has 8 unspecified atom stereocenters. The molecule has 8 atom stereocenters. The topological polar surface area (TPSA) is 204 Å². The van der Waals surface area contributed by atoms with Crippen LogP contribution in [0.4, 0.5) is 0 Å². The number of fused-ring (bicyclic) bond motifs is 20. The fraction of sp³-hybridized carbons (Fsp3) is 0.342. The molecule has 4 heterocycles. The average Bonchev–Trinajstić information content (AvgIpc) is 0.689. The summed E-state index contributed by atoms with van der Waals surface area (Å²) in [5.41, 5.74) is 11.5. The van der Waals surface area contributed by atoms with E-state index in [1.54, 1.807) is 69.0 Å². The molecule has 94 heavy (non-hydrogen) atoms. The molecule has 8 aromatic carbocycles.